The second kappa shape index (κ2) is 8.95. The molecule has 0 bridgehead atoms. The lowest BCUT2D eigenvalue weighted by Crippen LogP contribution is -2.50. The molecule has 1 saturated carbocycles. The van der Waals surface area contributed by atoms with Crippen LogP contribution in [0.15, 0.2) is 29.6 Å². The van der Waals surface area contributed by atoms with Gasteiger partial charge in [0.15, 0.2) is 12.3 Å². The van der Waals surface area contributed by atoms with E-state index in [1.807, 2.05) is 29.2 Å². The minimum atomic E-state index is -0.549. The number of piperidine rings is 1. The normalized spacial score (nSPS) is 21.3. The van der Waals surface area contributed by atoms with E-state index in [0.717, 1.165) is 35.7 Å². The third kappa shape index (κ3) is 4.45. The van der Waals surface area contributed by atoms with Gasteiger partial charge in [-0.1, -0.05) is 12.8 Å². The van der Waals surface area contributed by atoms with Crippen LogP contribution >= 0.6 is 11.3 Å². The van der Waals surface area contributed by atoms with Crippen molar-refractivity contribution >= 4 is 23.2 Å². The molecule has 2 aliphatic rings. The van der Waals surface area contributed by atoms with Gasteiger partial charge in [0.1, 0.15) is 10.8 Å². The minimum Gasteiger partial charge on any atom is -0.497 e. The van der Waals surface area contributed by atoms with E-state index in [4.69, 9.17) is 9.47 Å². The highest BCUT2D eigenvalue weighted by atomic mass is 32.1. The molecule has 2 aromatic rings. The van der Waals surface area contributed by atoms with Crippen molar-refractivity contribution in [3.05, 3.63) is 35.3 Å². The predicted octanol–water partition coefficient (Wildman–Crippen LogP) is 4.16. The molecule has 1 aromatic heterocycles. The van der Waals surface area contributed by atoms with Gasteiger partial charge in [-0.25, -0.2) is 9.78 Å². The quantitative estimate of drug-likeness (QED) is 0.688. The smallest absolute Gasteiger partial charge is 0.358 e. The summed E-state index contributed by atoms with van der Waals surface area (Å²) in [4.78, 5) is 31.4. The summed E-state index contributed by atoms with van der Waals surface area (Å²) in [5.41, 5.74) is 1.14. The van der Waals surface area contributed by atoms with E-state index in [-0.39, 0.29) is 18.2 Å². The lowest BCUT2D eigenvalue weighted by atomic mass is 9.78. The summed E-state index contributed by atoms with van der Waals surface area (Å²) < 4.78 is 10.5. The predicted molar refractivity (Wildman–Crippen MR) is 111 cm³/mol. The number of likely N-dealkylation sites (tertiary alicyclic amines) is 1. The maximum atomic E-state index is 12.7. The Bertz CT molecular complexity index is 862. The van der Waals surface area contributed by atoms with Gasteiger partial charge >= 0.3 is 5.97 Å². The summed E-state index contributed by atoms with van der Waals surface area (Å²) in [6.45, 7) is 0.563. The fourth-order valence-corrected chi connectivity index (χ4v) is 5.25. The Morgan fingerprint density at radius 2 is 1.90 bits per heavy atom. The molecule has 154 valence electrons. The Balaban J connectivity index is 1.34. The van der Waals surface area contributed by atoms with Crippen LogP contribution in [0.4, 0.5) is 0 Å². The van der Waals surface area contributed by atoms with Gasteiger partial charge in [-0.05, 0) is 55.9 Å². The molecule has 7 heteroatoms. The van der Waals surface area contributed by atoms with Crippen molar-refractivity contribution < 1.29 is 19.1 Å². The van der Waals surface area contributed by atoms with Gasteiger partial charge in [0, 0.05) is 23.5 Å². The molecule has 1 aliphatic heterocycles. The summed E-state index contributed by atoms with van der Waals surface area (Å²) in [6, 6.07) is 7.82. The van der Waals surface area contributed by atoms with E-state index in [0.29, 0.717) is 12.0 Å². The van der Waals surface area contributed by atoms with Crippen LogP contribution in [0.5, 0.6) is 5.75 Å². The van der Waals surface area contributed by atoms with E-state index in [1.165, 1.54) is 37.0 Å². The van der Waals surface area contributed by atoms with Crippen LogP contribution < -0.4 is 4.74 Å². The van der Waals surface area contributed by atoms with Crippen LogP contribution in [-0.4, -0.2) is 48.1 Å². The molecule has 1 aromatic carbocycles. The average molecular weight is 415 g/mol. The average Bonchev–Trinajstić information content (AvgIpc) is 3.27. The molecule has 0 spiro atoms. The van der Waals surface area contributed by atoms with Crippen molar-refractivity contribution in [1.29, 1.82) is 0 Å². The third-order valence-corrected chi connectivity index (χ3v) is 6.83. The number of hydrogen-bond acceptors (Lipinski definition) is 6. The van der Waals surface area contributed by atoms with Gasteiger partial charge in [-0.3, -0.25) is 4.79 Å². The van der Waals surface area contributed by atoms with Crippen LogP contribution in [0, 0.1) is 5.92 Å². The molecule has 0 N–H and O–H groups in total. The van der Waals surface area contributed by atoms with Crippen LogP contribution in [-0.2, 0) is 9.53 Å². The number of benzene rings is 1. The molecule has 2 heterocycles. The molecule has 6 nitrogen and oxygen atoms in total. The van der Waals surface area contributed by atoms with Crippen molar-refractivity contribution in [2.75, 3.05) is 20.3 Å². The fraction of sp³-hybridized carbons (Fsp3) is 0.500. The van der Waals surface area contributed by atoms with Crippen molar-refractivity contribution in [3.63, 3.8) is 0 Å². The Hall–Kier alpha value is -2.41. The van der Waals surface area contributed by atoms with Crippen LogP contribution in [0.25, 0.3) is 10.6 Å². The number of hydrogen-bond donors (Lipinski definition) is 0. The van der Waals surface area contributed by atoms with Gasteiger partial charge in [-0.2, -0.15) is 0 Å². The Morgan fingerprint density at radius 1 is 1.14 bits per heavy atom. The molecule has 1 aliphatic carbocycles. The SMILES string of the molecule is COc1ccc(-c2nc(C(=O)OCC(=O)N3CCC[C@@H]4CCCC[C@@H]43)cs2)cc1. The van der Waals surface area contributed by atoms with Gasteiger partial charge in [-0.15, -0.1) is 11.3 Å². The van der Waals surface area contributed by atoms with Crippen LogP contribution in [0.3, 0.4) is 0 Å². The number of fused-ring (bicyclic) bond motifs is 1. The molecule has 0 unspecified atom stereocenters. The zero-order valence-electron chi connectivity index (χ0n) is 16.6. The van der Waals surface area contributed by atoms with Crippen molar-refractivity contribution in [1.82, 2.24) is 9.88 Å². The number of thiazole rings is 1. The number of amides is 1. The molecule has 2 fully saturated rings. The van der Waals surface area contributed by atoms with Gasteiger partial charge in [0.25, 0.3) is 5.91 Å². The summed E-state index contributed by atoms with van der Waals surface area (Å²) in [5, 5.41) is 2.40. The maximum absolute atomic E-state index is 12.7. The monoisotopic (exact) mass is 414 g/mol. The second-order valence-electron chi connectivity index (χ2n) is 7.68. The highest BCUT2D eigenvalue weighted by Crippen LogP contribution is 2.35. The highest BCUT2D eigenvalue weighted by molar-refractivity contribution is 7.13. The first-order valence-corrected chi connectivity index (χ1v) is 11.1. The number of carbonyl (C=O) groups excluding carboxylic acids is 2. The van der Waals surface area contributed by atoms with Gasteiger partial charge in [0.05, 0.1) is 7.11 Å². The fourth-order valence-electron chi connectivity index (χ4n) is 4.45. The minimum absolute atomic E-state index is 0.0828. The van der Waals surface area contributed by atoms with Crippen LogP contribution in [0.1, 0.15) is 49.0 Å². The lowest BCUT2D eigenvalue weighted by molar-refractivity contribution is -0.140. The number of esters is 1. The summed E-state index contributed by atoms with van der Waals surface area (Å²) in [6.07, 6.45) is 6.97. The van der Waals surface area contributed by atoms with E-state index >= 15 is 0 Å². The molecular weight excluding hydrogens is 388 g/mol. The zero-order chi connectivity index (χ0) is 20.2. The molecule has 4 rings (SSSR count). The second-order valence-corrected chi connectivity index (χ2v) is 8.54. The number of methoxy groups -OCH3 is 1. The molecular formula is C22H26N2O4S. The Kier molecular flexibility index (Phi) is 6.13. The van der Waals surface area contributed by atoms with Crippen LogP contribution in [0.2, 0.25) is 0 Å². The molecule has 2 atom stereocenters. The maximum Gasteiger partial charge on any atom is 0.358 e. The largest absolute Gasteiger partial charge is 0.497 e. The molecule has 0 radical (unpaired) electrons. The first-order chi connectivity index (χ1) is 14.2. The number of ether oxygens (including phenoxy) is 2. The third-order valence-electron chi connectivity index (χ3n) is 5.94. The summed E-state index contributed by atoms with van der Waals surface area (Å²) >= 11 is 1.37. The number of nitrogens with zero attached hydrogens (tertiary/aromatic N) is 2. The Morgan fingerprint density at radius 3 is 2.69 bits per heavy atom. The molecule has 1 amide bonds. The van der Waals surface area contributed by atoms with E-state index < -0.39 is 5.97 Å². The summed E-state index contributed by atoms with van der Waals surface area (Å²) in [5.74, 6) is 0.747. The van der Waals surface area contributed by atoms with Crippen molar-refractivity contribution in [2.24, 2.45) is 5.92 Å². The van der Waals surface area contributed by atoms with Gasteiger partial charge in [0.2, 0.25) is 0 Å². The van der Waals surface area contributed by atoms with Crippen molar-refractivity contribution in [2.45, 2.75) is 44.6 Å². The van der Waals surface area contributed by atoms with E-state index in [1.54, 1.807) is 12.5 Å². The lowest BCUT2D eigenvalue weighted by Gasteiger charge is -2.44. The number of aromatic nitrogens is 1. The topological polar surface area (TPSA) is 68.7 Å². The zero-order valence-corrected chi connectivity index (χ0v) is 17.5. The van der Waals surface area contributed by atoms with Gasteiger partial charge < -0.3 is 14.4 Å². The molecule has 1 saturated heterocycles. The van der Waals surface area contributed by atoms with Crippen molar-refractivity contribution in [3.8, 4) is 16.3 Å². The highest BCUT2D eigenvalue weighted by Gasteiger charge is 2.35. The van der Waals surface area contributed by atoms with E-state index in [2.05, 4.69) is 4.98 Å². The van der Waals surface area contributed by atoms with E-state index in [9.17, 15) is 9.59 Å². The number of carbonyl (C=O) groups is 2. The number of rotatable bonds is 5. The standard InChI is InChI=1S/C22H26N2O4S/c1-27-17-10-8-16(9-11-17)21-23-18(14-29-21)22(26)28-13-20(25)24-12-4-6-15-5-2-3-7-19(15)24/h8-11,14-15,19H,2-7,12-13H2,1H3/t15-,19-/m0/s1. The molecule has 29 heavy (non-hydrogen) atoms. The summed E-state index contributed by atoms with van der Waals surface area (Å²) in [7, 11) is 1.62. The first kappa shape index (κ1) is 19.9. The first-order valence-electron chi connectivity index (χ1n) is 10.2. The Labute approximate surface area is 174 Å².